The van der Waals surface area contributed by atoms with Crippen molar-refractivity contribution >= 4 is 11.6 Å². The number of halogens is 1. The van der Waals surface area contributed by atoms with Gasteiger partial charge in [-0.3, -0.25) is 4.90 Å². The van der Waals surface area contributed by atoms with Crippen molar-refractivity contribution in [2.24, 2.45) is 0 Å². The molecule has 1 aromatic rings. The van der Waals surface area contributed by atoms with E-state index in [1.165, 1.54) is 18.4 Å². The number of rotatable bonds is 7. The maximum absolute atomic E-state index is 10.0. The number of likely N-dealkylation sites (N-methyl/N-ethyl adjacent to an activating group) is 1. The molecule has 2 N–H and O–H groups in total. The molecule has 0 aromatic heterocycles. The van der Waals surface area contributed by atoms with Crippen molar-refractivity contribution < 1.29 is 5.11 Å². The number of hydrogen-bond acceptors (Lipinski definition) is 3. The summed E-state index contributed by atoms with van der Waals surface area (Å²) in [5.74, 6) is 0. The largest absolute Gasteiger partial charge is 0.390 e. The standard InChI is InChI=1S/C15H23ClN2O/c1-11(12-3-5-13(16)6-4-12)18(2)10-15(19)9-17-14-7-8-14/h3-6,11,14-15,17,19H,7-10H2,1-2H3. The van der Waals surface area contributed by atoms with E-state index in [9.17, 15) is 5.11 Å². The van der Waals surface area contributed by atoms with Crippen LogP contribution in [-0.2, 0) is 0 Å². The SMILES string of the molecule is CC(c1ccc(Cl)cc1)N(C)CC(O)CNC1CC1. The van der Waals surface area contributed by atoms with Crippen LogP contribution in [0.5, 0.6) is 0 Å². The van der Waals surface area contributed by atoms with Gasteiger partial charge >= 0.3 is 0 Å². The predicted molar refractivity (Wildman–Crippen MR) is 79.5 cm³/mol. The lowest BCUT2D eigenvalue weighted by molar-refractivity contribution is 0.106. The van der Waals surface area contributed by atoms with Gasteiger partial charge in [-0.25, -0.2) is 0 Å². The molecule has 0 amide bonds. The maximum atomic E-state index is 10.0. The Hall–Kier alpha value is -0.610. The van der Waals surface area contributed by atoms with Gasteiger partial charge in [-0.15, -0.1) is 0 Å². The quantitative estimate of drug-likeness (QED) is 0.806. The van der Waals surface area contributed by atoms with Crippen LogP contribution >= 0.6 is 11.6 Å². The van der Waals surface area contributed by atoms with E-state index >= 15 is 0 Å². The van der Waals surface area contributed by atoms with Crippen LogP contribution in [-0.4, -0.2) is 42.3 Å². The van der Waals surface area contributed by atoms with Crippen LogP contribution in [0.4, 0.5) is 0 Å². The summed E-state index contributed by atoms with van der Waals surface area (Å²) in [5.41, 5.74) is 1.22. The molecule has 19 heavy (non-hydrogen) atoms. The first kappa shape index (κ1) is 14.8. The van der Waals surface area contributed by atoms with Gasteiger partial charge in [-0.2, -0.15) is 0 Å². The first-order valence-electron chi connectivity index (χ1n) is 6.93. The summed E-state index contributed by atoms with van der Waals surface area (Å²) in [7, 11) is 2.04. The lowest BCUT2D eigenvalue weighted by Crippen LogP contribution is -2.38. The first-order chi connectivity index (χ1) is 9.06. The van der Waals surface area contributed by atoms with Crippen LogP contribution in [0, 0.1) is 0 Å². The molecule has 1 aliphatic rings. The number of aliphatic hydroxyl groups is 1. The van der Waals surface area contributed by atoms with Crippen LogP contribution in [0.3, 0.4) is 0 Å². The van der Waals surface area contributed by atoms with Gasteiger partial charge in [0.2, 0.25) is 0 Å². The van der Waals surface area contributed by atoms with Gasteiger partial charge in [-0.1, -0.05) is 23.7 Å². The van der Waals surface area contributed by atoms with Crippen molar-refractivity contribution in [3.05, 3.63) is 34.9 Å². The van der Waals surface area contributed by atoms with Gasteiger partial charge in [0.15, 0.2) is 0 Å². The van der Waals surface area contributed by atoms with Gasteiger partial charge in [0, 0.05) is 30.2 Å². The number of hydrogen-bond donors (Lipinski definition) is 2. The lowest BCUT2D eigenvalue weighted by atomic mass is 10.1. The fraction of sp³-hybridized carbons (Fsp3) is 0.600. The molecule has 2 rings (SSSR count). The van der Waals surface area contributed by atoms with E-state index in [0.717, 1.165) is 5.02 Å². The Balaban J connectivity index is 1.80. The second kappa shape index (κ2) is 6.71. The fourth-order valence-corrected chi connectivity index (χ4v) is 2.27. The monoisotopic (exact) mass is 282 g/mol. The number of aliphatic hydroxyl groups excluding tert-OH is 1. The van der Waals surface area contributed by atoms with E-state index in [2.05, 4.69) is 17.1 Å². The molecule has 106 valence electrons. The topological polar surface area (TPSA) is 35.5 Å². The third-order valence-electron chi connectivity index (χ3n) is 3.73. The first-order valence-corrected chi connectivity index (χ1v) is 7.31. The molecule has 2 unspecified atom stereocenters. The maximum Gasteiger partial charge on any atom is 0.0791 e. The van der Waals surface area contributed by atoms with Crippen molar-refractivity contribution in [3.8, 4) is 0 Å². The Bertz CT molecular complexity index is 392. The Morgan fingerprint density at radius 1 is 1.37 bits per heavy atom. The second-order valence-electron chi connectivity index (χ2n) is 5.50. The number of benzene rings is 1. The highest BCUT2D eigenvalue weighted by Crippen LogP contribution is 2.21. The summed E-state index contributed by atoms with van der Waals surface area (Å²) in [4.78, 5) is 2.17. The summed E-state index contributed by atoms with van der Waals surface area (Å²) < 4.78 is 0. The van der Waals surface area contributed by atoms with Crippen molar-refractivity contribution in [2.75, 3.05) is 20.1 Å². The molecule has 3 nitrogen and oxygen atoms in total. The van der Waals surface area contributed by atoms with Gasteiger partial charge in [-0.05, 0) is 44.5 Å². The molecule has 1 fully saturated rings. The summed E-state index contributed by atoms with van der Waals surface area (Å²) in [5, 5.41) is 14.1. The zero-order chi connectivity index (χ0) is 13.8. The molecule has 0 aliphatic heterocycles. The molecule has 0 radical (unpaired) electrons. The van der Waals surface area contributed by atoms with Gasteiger partial charge in [0.05, 0.1) is 6.10 Å². The van der Waals surface area contributed by atoms with Crippen LogP contribution in [0.25, 0.3) is 0 Å². The van der Waals surface area contributed by atoms with Crippen molar-refractivity contribution in [3.63, 3.8) is 0 Å². The molecule has 1 aromatic carbocycles. The molecule has 2 atom stereocenters. The third kappa shape index (κ3) is 4.77. The van der Waals surface area contributed by atoms with Crippen LogP contribution < -0.4 is 5.32 Å². The minimum Gasteiger partial charge on any atom is -0.390 e. The van der Waals surface area contributed by atoms with Crippen molar-refractivity contribution in [1.29, 1.82) is 0 Å². The minimum absolute atomic E-state index is 0.271. The predicted octanol–water partition coefficient (Wildman–Crippen LogP) is 2.45. The fourth-order valence-electron chi connectivity index (χ4n) is 2.14. The van der Waals surface area contributed by atoms with E-state index < -0.39 is 0 Å². The molecular weight excluding hydrogens is 260 g/mol. The molecule has 1 saturated carbocycles. The van der Waals surface area contributed by atoms with Crippen molar-refractivity contribution in [2.45, 2.75) is 38.0 Å². The average molecular weight is 283 g/mol. The average Bonchev–Trinajstić information content (AvgIpc) is 3.20. The normalized spacial score (nSPS) is 18.6. The Morgan fingerprint density at radius 3 is 2.58 bits per heavy atom. The molecule has 0 heterocycles. The summed E-state index contributed by atoms with van der Waals surface area (Å²) >= 11 is 5.90. The van der Waals surface area contributed by atoms with Crippen LogP contribution in [0.15, 0.2) is 24.3 Å². The summed E-state index contributed by atoms with van der Waals surface area (Å²) in [6, 6.07) is 8.82. The molecular formula is C15H23ClN2O. The lowest BCUT2D eigenvalue weighted by Gasteiger charge is -2.27. The van der Waals surface area contributed by atoms with Gasteiger partial charge < -0.3 is 10.4 Å². The van der Waals surface area contributed by atoms with E-state index in [1.54, 1.807) is 0 Å². The van der Waals surface area contributed by atoms with Gasteiger partial charge in [0.1, 0.15) is 0 Å². The smallest absolute Gasteiger partial charge is 0.0791 e. The number of nitrogens with zero attached hydrogens (tertiary/aromatic N) is 1. The molecule has 1 aliphatic carbocycles. The summed E-state index contributed by atoms with van der Waals surface area (Å²) in [6.07, 6.45) is 2.19. The highest BCUT2D eigenvalue weighted by atomic mass is 35.5. The van der Waals surface area contributed by atoms with Crippen LogP contribution in [0.2, 0.25) is 5.02 Å². The number of nitrogens with one attached hydrogen (secondary N) is 1. The molecule has 0 saturated heterocycles. The minimum atomic E-state index is -0.319. The zero-order valence-electron chi connectivity index (χ0n) is 11.6. The molecule has 0 bridgehead atoms. The third-order valence-corrected chi connectivity index (χ3v) is 3.98. The Labute approximate surface area is 120 Å². The Kier molecular flexibility index (Phi) is 5.22. The highest BCUT2D eigenvalue weighted by Gasteiger charge is 2.22. The van der Waals surface area contributed by atoms with E-state index in [0.29, 0.717) is 19.1 Å². The van der Waals surface area contributed by atoms with Gasteiger partial charge in [0.25, 0.3) is 0 Å². The van der Waals surface area contributed by atoms with Crippen LogP contribution in [0.1, 0.15) is 31.4 Å². The molecule has 0 spiro atoms. The highest BCUT2D eigenvalue weighted by molar-refractivity contribution is 6.30. The molecule has 4 heteroatoms. The Morgan fingerprint density at radius 2 is 2.00 bits per heavy atom. The summed E-state index contributed by atoms with van der Waals surface area (Å²) in [6.45, 7) is 3.50. The zero-order valence-corrected chi connectivity index (χ0v) is 12.4. The van der Waals surface area contributed by atoms with Crippen molar-refractivity contribution in [1.82, 2.24) is 10.2 Å². The van der Waals surface area contributed by atoms with E-state index in [4.69, 9.17) is 11.6 Å². The second-order valence-corrected chi connectivity index (χ2v) is 5.94. The van der Waals surface area contributed by atoms with E-state index in [-0.39, 0.29) is 12.1 Å². The van der Waals surface area contributed by atoms with E-state index in [1.807, 2.05) is 31.3 Å².